The summed E-state index contributed by atoms with van der Waals surface area (Å²) in [6.45, 7) is 7.40. The molecule has 0 aliphatic heterocycles. The Morgan fingerprint density at radius 2 is 1.24 bits per heavy atom. The molecule has 0 bridgehead atoms. The highest BCUT2D eigenvalue weighted by molar-refractivity contribution is 6.76. The summed E-state index contributed by atoms with van der Waals surface area (Å²) in [5, 5.41) is 0. The van der Waals surface area contributed by atoms with E-state index in [9.17, 15) is 0 Å². The Hall–Kier alpha value is -1.16. The van der Waals surface area contributed by atoms with Crippen LogP contribution < -0.4 is 14.2 Å². The summed E-state index contributed by atoms with van der Waals surface area (Å²) in [7, 11) is 4.18. The standard InChI is InChI=1S/C21H38O3Si/c1-22-19-16-15-18(20(23-2)21(19)24-3)14-12-10-8-7-9-11-13-17-25(4,5)6/h15-16H,7-14,17H2,1-6H3. The van der Waals surface area contributed by atoms with Crippen molar-refractivity contribution in [1.82, 2.24) is 0 Å². The van der Waals surface area contributed by atoms with E-state index in [1.165, 1.54) is 56.6 Å². The van der Waals surface area contributed by atoms with Crippen molar-refractivity contribution in [3.8, 4) is 17.2 Å². The fourth-order valence-corrected chi connectivity index (χ4v) is 4.53. The van der Waals surface area contributed by atoms with Crippen molar-refractivity contribution in [2.24, 2.45) is 0 Å². The predicted molar refractivity (Wildman–Crippen MR) is 110 cm³/mol. The molecule has 25 heavy (non-hydrogen) atoms. The highest BCUT2D eigenvalue weighted by Crippen LogP contribution is 2.40. The number of hydrogen-bond donors (Lipinski definition) is 0. The maximum Gasteiger partial charge on any atom is 0.203 e. The van der Waals surface area contributed by atoms with Crippen LogP contribution in [0.1, 0.15) is 50.5 Å². The second kappa shape index (κ2) is 11.5. The van der Waals surface area contributed by atoms with Crippen LogP contribution in [0.4, 0.5) is 0 Å². The fourth-order valence-electron chi connectivity index (χ4n) is 3.21. The second-order valence-electron chi connectivity index (χ2n) is 8.03. The first-order valence-electron chi connectivity index (χ1n) is 9.70. The highest BCUT2D eigenvalue weighted by atomic mass is 28.3. The summed E-state index contributed by atoms with van der Waals surface area (Å²) in [4.78, 5) is 0. The third-order valence-electron chi connectivity index (χ3n) is 4.66. The van der Waals surface area contributed by atoms with Crippen molar-refractivity contribution in [1.29, 1.82) is 0 Å². The molecule has 1 rings (SSSR count). The summed E-state index contributed by atoms with van der Waals surface area (Å²) in [6, 6.07) is 5.54. The number of benzene rings is 1. The van der Waals surface area contributed by atoms with Crippen molar-refractivity contribution in [2.75, 3.05) is 21.3 Å². The van der Waals surface area contributed by atoms with Crippen molar-refractivity contribution < 1.29 is 14.2 Å². The van der Waals surface area contributed by atoms with Crippen molar-refractivity contribution in [3.05, 3.63) is 17.7 Å². The quantitative estimate of drug-likeness (QED) is 0.302. The van der Waals surface area contributed by atoms with Crippen LogP contribution in [0.5, 0.6) is 17.2 Å². The Morgan fingerprint density at radius 1 is 0.680 bits per heavy atom. The van der Waals surface area contributed by atoms with Crippen LogP contribution in [0.2, 0.25) is 25.7 Å². The molecule has 0 aliphatic rings. The molecule has 0 N–H and O–H groups in total. The minimum Gasteiger partial charge on any atom is -0.493 e. The summed E-state index contributed by atoms with van der Waals surface area (Å²) < 4.78 is 16.4. The normalized spacial score (nSPS) is 11.4. The minimum absolute atomic E-state index is 0.699. The maximum absolute atomic E-state index is 5.56. The number of hydrogen-bond acceptors (Lipinski definition) is 3. The van der Waals surface area contributed by atoms with E-state index in [-0.39, 0.29) is 0 Å². The third-order valence-corrected chi connectivity index (χ3v) is 6.51. The Balaban J connectivity index is 2.28. The predicted octanol–water partition coefficient (Wildman–Crippen LogP) is 6.32. The van der Waals surface area contributed by atoms with Crippen LogP contribution in [0.3, 0.4) is 0 Å². The van der Waals surface area contributed by atoms with E-state index in [2.05, 4.69) is 25.7 Å². The fraction of sp³-hybridized carbons (Fsp3) is 0.714. The van der Waals surface area contributed by atoms with Gasteiger partial charge in [-0.05, 0) is 24.5 Å². The first kappa shape index (κ1) is 21.9. The highest BCUT2D eigenvalue weighted by Gasteiger charge is 2.15. The molecular weight excluding hydrogens is 328 g/mol. The van der Waals surface area contributed by atoms with Gasteiger partial charge in [0.2, 0.25) is 5.75 Å². The zero-order valence-corrected chi connectivity index (χ0v) is 18.2. The number of aryl methyl sites for hydroxylation is 1. The third kappa shape index (κ3) is 8.17. The van der Waals surface area contributed by atoms with Gasteiger partial charge in [-0.1, -0.05) is 70.3 Å². The van der Waals surface area contributed by atoms with E-state index < -0.39 is 8.07 Å². The molecule has 0 atom stereocenters. The van der Waals surface area contributed by atoms with Crippen molar-refractivity contribution >= 4 is 8.07 Å². The molecule has 0 aliphatic carbocycles. The van der Waals surface area contributed by atoms with Gasteiger partial charge in [-0.3, -0.25) is 0 Å². The SMILES string of the molecule is COc1ccc(CCCCCCCCC[Si](C)(C)C)c(OC)c1OC. The lowest BCUT2D eigenvalue weighted by molar-refractivity contribution is 0.322. The lowest BCUT2D eigenvalue weighted by Crippen LogP contribution is -2.18. The zero-order valence-electron chi connectivity index (χ0n) is 17.2. The van der Waals surface area contributed by atoms with Gasteiger partial charge >= 0.3 is 0 Å². The van der Waals surface area contributed by atoms with Gasteiger partial charge in [-0.25, -0.2) is 0 Å². The molecule has 0 aromatic heterocycles. The Bertz CT molecular complexity index is 495. The molecule has 0 spiro atoms. The lowest BCUT2D eigenvalue weighted by atomic mass is 10.0. The molecule has 0 heterocycles. The molecule has 0 amide bonds. The minimum atomic E-state index is -0.831. The van der Waals surface area contributed by atoms with Gasteiger partial charge in [-0.2, -0.15) is 0 Å². The van der Waals surface area contributed by atoms with Gasteiger partial charge in [0.15, 0.2) is 11.5 Å². The summed E-state index contributed by atoms with van der Waals surface area (Å²) >= 11 is 0. The summed E-state index contributed by atoms with van der Waals surface area (Å²) in [5.74, 6) is 2.24. The molecular formula is C21H38O3Si. The Morgan fingerprint density at radius 3 is 1.76 bits per heavy atom. The van der Waals surface area contributed by atoms with Gasteiger partial charge in [0.05, 0.1) is 21.3 Å². The van der Waals surface area contributed by atoms with E-state index in [0.29, 0.717) is 5.75 Å². The Kier molecular flexibility index (Phi) is 10.0. The number of rotatable bonds is 13. The van der Waals surface area contributed by atoms with Crippen molar-refractivity contribution in [2.45, 2.75) is 77.1 Å². The van der Waals surface area contributed by atoms with Crippen LogP contribution in [0.15, 0.2) is 12.1 Å². The largest absolute Gasteiger partial charge is 0.493 e. The average molecular weight is 367 g/mol. The topological polar surface area (TPSA) is 27.7 Å². The van der Waals surface area contributed by atoms with Gasteiger partial charge in [0.25, 0.3) is 0 Å². The van der Waals surface area contributed by atoms with Crippen LogP contribution >= 0.6 is 0 Å². The monoisotopic (exact) mass is 366 g/mol. The van der Waals surface area contributed by atoms with Gasteiger partial charge < -0.3 is 14.2 Å². The van der Waals surface area contributed by atoms with Crippen LogP contribution in [0.25, 0.3) is 0 Å². The second-order valence-corrected chi connectivity index (χ2v) is 13.7. The maximum atomic E-state index is 5.56. The first-order valence-corrected chi connectivity index (χ1v) is 13.4. The molecule has 1 aromatic carbocycles. The van der Waals surface area contributed by atoms with E-state index in [0.717, 1.165) is 17.9 Å². The first-order chi connectivity index (χ1) is 11.9. The van der Waals surface area contributed by atoms with E-state index >= 15 is 0 Å². The van der Waals surface area contributed by atoms with Crippen LogP contribution in [0, 0.1) is 0 Å². The average Bonchev–Trinajstić information content (AvgIpc) is 2.58. The molecule has 0 unspecified atom stereocenters. The zero-order chi connectivity index (χ0) is 18.7. The summed E-state index contributed by atoms with van der Waals surface area (Å²) in [5.41, 5.74) is 1.20. The smallest absolute Gasteiger partial charge is 0.203 e. The molecule has 3 nitrogen and oxygen atoms in total. The molecule has 0 fully saturated rings. The van der Waals surface area contributed by atoms with Crippen molar-refractivity contribution in [3.63, 3.8) is 0 Å². The molecule has 0 saturated heterocycles. The van der Waals surface area contributed by atoms with E-state index in [1.807, 2.05) is 6.07 Å². The van der Waals surface area contributed by atoms with E-state index in [1.54, 1.807) is 21.3 Å². The number of methoxy groups -OCH3 is 3. The lowest BCUT2D eigenvalue weighted by Gasteiger charge is -2.15. The number of unbranched alkanes of at least 4 members (excludes halogenated alkanes) is 6. The van der Waals surface area contributed by atoms with Gasteiger partial charge in [0.1, 0.15) is 0 Å². The summed E-state index contributed by atoms with van der Waals surface area (Å²) in [6.07, 6.45) is 10.4. The van der Waals surface area contributed by atoms with E-state index in [4.69, 9.17) is 14.2 Å². The van der Waals surface area contributed by atoms with Crippen LogP contribution in [-0.2, 0) is 6.42 Å². The number of ether oxygens (including phenoxy) is 3. The molecule has 1 aromatic rings. The molecule has 144 valence electrons. The van der Waals surface area contributed by atoms with Gasteiger partial charge in [0, 0.05) is 8.07 Å². The Labute approximate surface area is 156 Å². The molecule has 0 radical (unpaired) electrons. The molecule has 0 saturated carbocycles. The van der Waals surface area contributed by atoms with Crippen LogP contribution in [-0.4, -0.2) is 29.4 Å². The molecule has 4 heteroatoms. The van der Waals surface area contributed by atoms with Gasteiger partial charge in [-0.15, -0.1) is 0 Å².